The maximum Gasteiger partial charge on any atom is 0.416 e. The van der Waals surface area contributed by atoms with E-state index in [0.29, 0.717) is 0 Å². The molecule has 0 radical (unpaired) electrons. The summed E-state index contributed by atoms with van der Waals surface area (Å²) < 4.78 is 37.9. The van der Waals surface area contributed by atoms with Gasteiger partial charge in [-0.1, -0.05) is 42.5 Å². The number of fused-ring (bicyclic) bond motifs is 1. The molecule has 0 aliphatic rings. The van der Waals surface area contributed by atoms with Crippen molar-refractivity contribution in [3.05, 3.63) is 83.4 Å². The van der Waals surface area contributed by atoms with Crippen LogP contribution < -0.4 is 11.1 Å². The van der Waals surface area contributed by atoms with Gasteiger partial charge in [0.1, 0.15) is 6.04 Å². The Kier molecular flexibility index (Phi) is 5.35. The van der Waals surface area contributed by atoms with Gasteiger partial charge in [-0.3, -0.25) is 9.59 Å². The van der Waals surface area contributed by atoms with Gasteiger partial charge >= 0.3 is 6.18 Å². The van der Waals surface area contributed by atoms with Gasteiger partial charge in [-0.2, -0.15) is 13.2 Å². The first-order valence-electron chi connectivity index (χ1n) is 8.49. The topological polar surface area (TPSA) is 72.2 Å². The second-order valence-corrected chi connectivity index (χ2v) is 6.39. The monoisotopic (exact) mass is 386 g/mol. The molecular formula is C21H17F3N2O2. The van der Waals surface area contributed by atoms with Gasteiger partial charge < -0.3 is 11.1 Å². The fraction of sp³-hybridized carbons (Fsp3) is 0.143. The lowest BCUT2D eigenvalue weighted by Crippen LogP contribution is -2.45. The summed E-state index contributed by atoms with van der Waals surface area (Å²) in [5, 5.41) is 4.51. The smallest absolute Gasteiger partial charge is 0.368 e. The zero-order chi connectivity index (χ0) is 20.3. The number of hydrogen-bond donors (Lipinski definition) is 2. The lowest BCUT2D eigenvalue weighted by Gasteiger charge is -2.16. The molecule has 2 amide bonds. The largest absolute Gasteiger partial charge is 0.416 e. The lowest BCUT2D eigenvalue weighted by molar-refractivity contribution is -0.137. The predicted molar refractivity (Wildman–Crippen MR) is 99.5 cm³/mol. The van der Waals surface area contributed by atoms with Gasteiger partial charge in [-0.15, -0.1) is 0 Å². The number of primary amides is 1. The van der Waals surface area contributed by atoms with Crippen molar-refractivity contribution in [2.45, 2.75) is 18.6 Å². The van der Waals surface area contributed by atoms with Crippen LogP contribution in [0, 0.1) is 0 Å². The molecule has 0 unspecified atom stereocenters. The Morgan fingerprint density at radius 3 is 2.18 bits per heavy atom. The van der Waals surface area contributed by atoms with Crippen molar-refractivity contribution in [2.24, 2.45) is 5.73 Å². The molecule has 0 bridgehead atoms. The van der Waals surface area contributed by atoms with Gasteiger partial charge in [0.05, 0.1) is 5.56 Å². The van der Waals surface area contributed by atoms with E-state index < -0.39 is 29.6 Å². The minimum Gasteiger partial charge on any atom is -0.368 e. The number of nitrogens with one attached hydrogen (secondary N) is 1. The van der Waals surface area contributed by atoms with E-state index in [1.807, 2.05) is 42.5 Å². The average Bonchev–Trinajstić information content (AvgIpc) is 2.66. The summed E-state index contributed by atoms with van der Waals surface area (Å²) in [4.78, 5) is 24.1. The fourth-order valence-electron chi connectivity index (χ4n) is 2.88. The molecule has 3 N–H and O–H groups in total. The van der Waals surface area contributed by atoms with E-state index in [1.54, 1.807) is 0 Å². The van der Waals surface area contributed by atoms with Crippen molar-refractivity contribution in [1.82, 2.24) is 5.32 Å². The van der Waals surface area contributed by atoms with Crippen molar-refractivity contribution in [3.8, 4) is 0 Å². The number of hydrogen-bond acceptors (Lipinski definition) is 2. The highest BCUT2D eigenvalue weighted by Gasteiger charge is 2.30. The van der Waals surface area contributed by atoms with E-state index in [4.69, 9.17) is 5.73 Å². The standard InChI is InChI=1S/C21H17F3N2O2/c22-21(23,24)17-9-7-15(8-10-17)20(28)26-18(19(25)27)12-13-5-6-14-3-1-2-4-16(14)11-13/h1-11,18H,12H2,(H2,25,27)(H,26,28)/t18-/m1/s1. The van der Waals surface area contributed by atoms with Crippen molar-refractivity contribution in [3.63, 3.8) is 0 Å². The van der Waals surface area contributed by atoms with Crippen LogP contribution in [-0.2, 0) is 17.4 Å². The maximum absolute atomic E-state index is 12.6. The van der Waals surface area contributed by atoms with Gasteiger partial charge in [-0.05, 0) is 40.6 Å². The van der Waals surface area contributed by atoms with Crippen LogP contribution in [0.25, 0.3) is 10.8 Å². The molecule has 3 rings (SSSR count). The van der Waals surface area contributed by atoms with Gasteiger partial charge in [0.15, 0.2) is 0 Å². The number of carbonyl (C=O) groups excluding carboxylic acids is 2. The predicted octanol–water partition coefficient (Wildman–Crippen LogP) is 3.69. The molecule has 1 atom stereocenters. The Bertz CT molecular complexity index is 1010. The van der Waals surface area contributed by atoms with Gasteiger partial charge in [-0.25, -0.2) is 0 Å². The van der Waals surface area contributed by atoms with Crippen LogP contribution in [0.1, 0.15) is 21.5 Å². The summed E-state index contributed by atoms with van der Waals surface area (Å²) in [6.45, 7) is 0. The third-order valence-electron chi connectivity index (χ3n) is 4.38. The molecular weight excluding hydrogens is 369 g/mol. The number of halogens is 3. The van der Waals surface area contributed by atoms with Gasteiger partial charge in [0.25, 0.3) is 5.91 Å². The molecule has 0 aliphatic heterocycles. The average molecular weight is 386 g/mol. The number of nitrogens with two attached hydrogens (primary N) is 1. The Labute approximate surface area is 159 Å². The first kappa shape index (κ1) is 19.4. The van der Waals surface area contributed by atoms with Crippen LogP contribution in [0.4, 0.5) is 13.2 Å². The minimum atomic E-state index is -4.49. The summed E-state index contributed by atoms with van der Waals surface area (Å²) in [5.41, 5.74) is 5.36. The Hall–Kier alpha value is -3.35. The molecule has 0 spiro atoms. The van der Waals surface area contributed by atoms with E-state index in [0.717, 1.165) is 40.6 Å². The fourth-order valence-corrected chi connectivity index (χ4v) is 2.88. The normalized spacial score (nSPS) is 12.5. The summed E-state index contributed by atoms with van der Waals surface area (Å²) in [6, 6.07) is 16.1. The van der Waals surface area contributed by atoms with E-state index in [-0.39, 0.29) is 12.0 Å². The quantitative estimate of drug-likeness (QED) is 0.702. The third kappa shape index (κ3) is 4.49. The van der Waals surface area contributed by atoms with Crippen molar-refractivity contribution >= 4 is 22.6 Å². The molecule has 0 saturated heterocycles. The molecule has 28 heavy (non-hydrogen) atoms. The Balaban J connectivity index is 1.75. The zero-order valence-electron chi connectivity index (χ0n) is 14.7. The minimum absolute atomic E-state index is 0.0118. The Morgan fingerprint density at radius 1 is 0.929 bits per heavy atom. The molecule has 3 aromatic rings. The molecule has 0 fully saturated rings. The maximum atomic E-state index is 12.6. The van der Waals surface area contributed by atoms with Gasteiger partial charge in [0, 0.05) is 12.0 Å². The molecule has 3 aromatic carbocycles. The molecule has 0 aromatic heterocycles. The number of alkyl halides is 3. The molecule has 4 nitrogen and oxygen atoms in total. The highest BCUT2D eigenvalue weighted by atomic mass is 19.4. The van der Waals surface area contributed by atoms with Crippen LogP contribution >= 0.6 is 0 Å². The van der Waals surface area contributed by atoms with E-state index >= 15 is 0 Å². The second-order valence-electron chi connectivity index (χ2n) is 6.39. The zero-order valence-corrected chi connectivity index (χ0v) is 14.7. The van der Waals surface area contributed by atoms with Crippen LogP contribution in [0.3, 0.4) is 0 Å². The number of benzene rings is 3. The third-order valence-corrected chi connectivity index (χ3v) is 4.38. The van der Waals surface area contributed by atoms with Crippen molar-refractivity contribution in [1.29, 1.82) is 0 Å². The van der Waals surface area contributed by atoms with Crippen molar-refractivity contribution in [2.75, 3.05) is 0 Å². The summed E-state index contributed by atoms with van der Waals surface area (Å²) >= 11 is 0. The summed E-state index contributed by atoms with van der Waals surface area (Å²) in [7, 11) is 0. The van der Waals surface area contributed by atoms with Crippen LogP contribution in [0.2, 0.25) is 0 Å². The SMILES string of the molecule is NC(=O)[C@@H](Cc1ccc2ccccc2c1)NC(=O)c1ccc(C(F)(F)F)cc1. The van der Waals surface area contributed by atoms with Gasteiger partial charge in [0.2, 0.25) is 5.91 Å². The Morgan fingerprint density at radius 2 is 1.57 bits per heavy atom. The number of rotatable bonds is 5. The molecule has 0 saturated carbocycles. The first-order chi connectivity index (χ1) is 13.2. The van der Waals surface area contributed by atoms with Crippen LogP contribution in [0.15, 0.2) is 66.7 Å². The van der Waals surface area contributed by atoms with Crippen LogP contribution in [0.5, 0.6) is 0 Å². The van der Waals surface area contributed by atoms with E-state index in [1.165, 1.54) is 0 Å². The second kappa shape index (κ2) is 7.72. The summed E-state index contributed by atoms with van der Waals surface area (Å²) in [6.07, 6.45) is -4.31. The highest BCUT2D eigenvalue weighted by Crippen LogP contribution is 2.29. The van der Waals surface area contributed by atoms with E-state index in [2.05, 4.69) is 5.32 Å². The van der Waals surface area contributed by atoms with E-state index in [9.17, 15) is 22.8 Å². The molecule has 0 aliphatic carbocycles. The molecule has 0 heterocycles. The molecule has 7 heteroatoms. The van der Waals surface area contributed by atoms with Crippen molar-refractivity contribution < 1.29 is 22.8 Å². The lowest BCUT2D eigenvalue weighted by atomic mass is 10.0. The number of amides is 2. The van der Waals surface area contributed by atoms with Crippen LogP contribution in [-0.4, -0.2) is 17.9 Å². The molecule has 144 valence electrons. The summed E-state index contributed by atoms with van der Waals surface area (Å²) in [5.74, 6) is -1.40. The number of carbonyl (C=O) groups is 2. The highest BCUT2D eigenvalue weighted by molar-refractivity contribution is 5.97. The first-order valence-corrected chi connectivity index (χ1v) is 8.49.